The lowest BCUT2D eigenvalue weighted by Gasteiger charge is -2.34. The van der Waals surface area contributed by atoms with Gasteiger partial charge in [-0.1, -0.05) is 11.8 Å². The third-order valence-electron chi connectivity index (χ3n) is 3.23. The number of thioether (sulfide) groups is 2. The third-order valence-corrected chi connectivity index (χ3v) is 5.12. The van der Waals surface area contributed by atoms with Gasteiger partial charge in [-0.05, 0) is 0 Å². The van der Waals surface area contributed by atoms with Crippen molar-refractivity contribution < 1.29 is 14.4 Å². The molecular weight excluding hydrogens is 346 g/mol. The average molecular weight is 368 g/mol. The lowest BCUT2D eigenvalue weighted by Crippen LogP contribution is -2.56. The molecule has 1 aromatic rings. The fourth-order valence-corrected chi connectivity index (χ4v) is 3.60. The summed E-state index contributed by atoms with van der Waals surface area (Å²) in [6, 6.07) is 3.45. The van der Waals surface area contributed by atoms with Gasteiger partial charge in [0.25, 0.3) is 0 Å². The number of nitriles is 2. The molecule has 1 atom stereocenters. The molecule has 0 aromatic carbocycles. The standard InChI is InChI=1S/C15H21N5O2S2/c1-20(2,3)12(14(21)22)10-11-13(23-8-4-6-16)19-15(18-11)24-9-5-7-17/h12H,4-5,8-10H2,1-3H3,(H-,18,19,21,22)/t12-/m0/s1. The molecule has 0 aliphatic carbocycles. The Morgan fingerprint density at radius 1 is 1.25 bits per heavy atom. The van der Waals surface area contributed by atoms with E-state index in [1.165, 1.54) is 23.5 Å². The Hall–Kier alpha value is -1.68. The maximum Gasteiger partial charge on any atom is 0.166 e. The zero-order chi connectivity index (χ0) is 18.2. The van der Waals surface area contributed by atoms with E-state index in [0.29, 0.717) is 34.5 Å². The topological polar surface area (TPSA) is 116 Å². The van der Waals surface area contributed by atoms with E-state index in [9.17, 15) is 9.90 Å². The van der Waals surface area contributed by atoms with E-state index in [0.717, 1.165) is 5.69 Å². The van der Waals surface area contributed by atoms with Crippen molar-refractivity contribution in [3.8, 4) is 12.1 Å². The summed E-state index contributed by atoms with van der Waals surface area (Å²) in [5.74, 6) is 0.103. The summed E-state index contributed by atoms with van der Waals surface area (Å²) >= 11 is 2.86. The fraction of sp³-hybridized carbons (Fsp3) is 0.600. The Balaban J connectivity index is 2.97. The van der Waals surface area contributed by atoms with E-state index < -0.39 is 12.0 Å². The number of nitrogens with zero attached hydrogens (tertiary/aromatic N) is 4. The predicted molar refractivity (Wildman–Crippen MR) is 91.0 cm³/mol. The lowest BCUT2D eigenvalue weighted by atomic mass is 10.1. The van der Waals surface area contributed by atoms with Crippen LogP contribution in [0.4, 0.5) is 0 Å². The Labute approximate surface area is 150 Å². The number of quaternary nitrogens is 1. The van der Waals surface area contributed by atoms with Gasteiger partial charge in [0.2, 0.25) is 0 Å². The van der Waals surface area contributed by atoms with Gasteiger partial charge in [-0.2, -0.15) is 10.5 Å². The van der Waals surface area contributed by atoms with Gasteiger partial charge in [-0.25, -0.2) is 4.98 Å². The van der Waals surface area contributed by atoms with Crippen LogP contribution in [0, 0.1) is 22.7 Å². The summed E-state index contributed by atoms with van der Waals surface area (Å²) in [4.78, 5) is 19.1. The molecule has 9 heteroatoms. The first-order chi connectivity index (χ1) is 11.3. The first-order valence-electron chi connectivity index (χ1n) is 7.40. The van der Waals surface area contributed by atoms with Gasteiger partial charge in [-0.3, -0.25) is 0 Å². The number of carboxylic acids is 1. The molecule has 1 heterocycles. The van der Waals surface area contributed by atoms with Gasteiger partial charge in [0, 0.05) is 30.8 Å². The molecule has 0 aliphatic rings. The Morgan fingerprint density at radius 3 is 2.33 bits per heavy atom. The monoisotopic (exact) mass is 367 g/mol. The summed E-state index contributed by atoms with van der Waals surface area (Å²) < 4.78 is 0.237. The number of carbonyl (C=O) groups is 1. The Bertz CT molecular complexity index is 640. The van der Waals surface area contributed by atoms with E-state index in [1.54, 1.807) is 0 Å². The highest BCUT2D eigenvalue weighted by Gasteiger charge is 2.28. The van der Waals surface area contributed by atoms with E-state index in [2.05, 4.69) is 22.1 Å². The highest BCUT2D eigenvalue weighted by molar-refractivity contribution is 7.99. The van der Waals surface area contributed by atoms with E-state index in [-0.39, 0.29) is 10.9 Å². The number of carboxylic acid groups (broad SMARTS) is 1. The second-order valence-corrected chi connectivity index (χ2v) is 8.16. The van der Waals surface area contributed by atoms with Crippen LogP contribution < -0.4 is 5.11 Å². The molecular formula is C15H21N5O2S2. The molecule has 0 bridgehead atoms. The number of hydrogen-bond donors (Lipinski definition) is 1. The molecule has 7 nitrogen and oxygen atoms in total. The van der Waals surface area contributed by atoms with Gasteiger partial charge < -0.3 is 19.4 Å². The van der Waals surface area contributed by atoms with Crippen molar-refractivity contribution in [3.05, 3.63) is 5.69 Å². The Kier molecular flexibility index (Phi) is 8.13. The number of rotatable bonds is 10. The molecule has 1 N–H and O–H groups in total. The van der Waals surface area contributed by atoms with Gasteiger partial charge in [0.15, 0.2) is 5.16 Å². The number of carbonyl (C=O) groups excluding carboxylic acids is 1. The average Bonchev–Trinajstić information content (AvgIpc) is 2.86. The zero-order valence-electron chi connectivity index (χ0n) is 14.0. The second kappa shape index (κ2) is 9.58. The molecule has 0 unspecified atom stereocenters. The fourth-order valence-electron chi connectivity index (χ4n) is 1.95. The van der Waals surface area contributed by atoms with Gasteiger partial charge in [0.05, 0.1) is 44.9 Å². The van der Waals surface area contributed by atoms with Crippen LogP contribution >= 0.6 is 23.5 Å². The molecule has 0 fully saturated rings. The normalized spacial score (nSPS) is 12.4. The highest BCUT2D eigenvalue weighted by atomic mass is 32.2. The molecule has 130 valence electrons. The summed E-state index contributed by atoms with van der Waals surface area (Å²) in [6.07, 6.45) is 1.08. The number of likely N-dealkylation sites (N-methyl/N-ethyl adjacent to an activating group) is 1. The molecule has 1 rings (SSSR count). The first kappa shape index (κ1) is 20.4. The van der Waals surface area contributed by atoms with E-state index in [1.807, 2.05) is 21.1 Å². The smallest absolute Gasteiger partial charge is 0.166 e. The van der Waals surface area contributed by atoms with Gasteiger partial charge in [-0.15, -0.1) is 11.8 Å². The number of aromatic amines is 1. The van der Waals surface area contributed by atoms with Crippen LogP contribution in [0.15, 0.2) is 10.2 Å². The molecule has 0 aliphatic heterocycles. The molecule has 0 spiro atoms. The van der Waals surface area contributed by atoms with Crippen LogP contribution in [0.5, 0.6) is 0 Å². The minimum Gasteiger partial charge on any atom is -0.544 e. The number of aliphatic carboxylic acids is 1. The summed E-state index contributed by atoms with van der Waals surface area (Å²) in [6.45, 7) is 0. The third kappa shape index (κ3) is 6.44. The van der Waals surface area contributed by atoms with Crippen LogP contribution in [0.1, 0.15) is 18.5 Å². The maximum atomic E-state index is 11.5. The number of hydrogen-bond acceptors (Lipinski definition) is 7. The minimum absolute atomic E-state index is 0.237. The van der Waals surface area contributed by atoms with Crippen LogP contribution in [-0.4, -0.2) is 59.1 Å². The van der Waals surface area contributed by atoms with Crippen molar-refractivity contribution in [2.45, 2.75) is 35.5 Å². The summed E-state index contributed by atoms with van der Waals surface area (Å²) in [7, 11) is 5.42. The zero-order valence-corrected chi connectivity index (χ0v) is 15.7. The summed E-state index contributed by atoms with van der Waals surface area (Å²) in [5, 5.41) is 30.2. The Morgan fingerprint density at radius 2 is 1.83 bits per heavy atom. The summed E-state index contributed by atoms with van der Waals surface area (Å²) in [5.41, 5.74) is 0.736. The quantitative estimate of drug-likeness (QED) is 0.369. The maximum absolute atomic E-state index is 11.5. The number of H-pyrrole nitrogens is 1. The van der Waals surface area contributed by atoms with E-state index >= 15 is 0 Å². The van der Waals surface area contributed by atoms with Crippen LogP contribution in [0.25, 0.3) is 0 Å². The molecule has 0 saturated carbocycles. The molecule has 24 heavy (non-hydrogen) atoms. The lowest BCUT2D eigenvalue weighted by molar-refractivity contribution is -0.889. The van der Waals surface area contributed by atoms with Crippen molar-refractivity contribution in [2.24, 2.45) is 0 Å². The van der Waals surface area contributed by atoms with Crippen molar-refractivity contribution in [1.29, 1.82) is 10.5 Å². The van der Waals surface area contributed by atoms with Crippen molar-refractivity contribution in [1.82, 2.24) is 9.97 Å². The van der Waals surface area contributed by atoms with Crippen LogP contribution in [0.3, 0.4) is 0 Å². The molecule has 0 amide bonds. The van der Waals surface area contributed by atoms with Gasteiger partial charge in [0.1, 0.15) is 11.1 Å². The first-order valence-corrected chi connectivity index (χ1v) is 9.37. The molecule has 1 aromatic heterocycles. The van der Waals surface area contributed by atoms with Crippen molar-refractivity contribution >= 4 is 29.5 Å². The predicted octanol–water partition coefficient (Wildman–Crippen LogP) is 0.788. The molecule has 0 radical (unpaired) electrons. The van der Waals surface area contributed by atoms with Crippen molar-refractivity contribution in [2.75, 3.05) is 32.6 Å². The number of aromatic nitrogens is 2. The van der Waals surface area contributed by atoms with Crippen LogP contribution in [0.2, 0.25) is 0 Å². The van der Waals surface area contributed by atoms with E-state index in [4.69, 9.17) is 10.5 Å². The van der Waals surface area contributed by atoms with Crippen molar-refractivity contribution in [3.63, 3.8) is 0 Å². The van der Waals surface area contributed by atoms with Crippen LogP contribution in [-0.2, 0) is 11.2 Å². The molecule has 0 saturated heterocycles. The highest BCUT2D eigenvalue weighted by Crippen LogP contribution is 2.27. The van der Waals surface area contributed by atoms with Gasteiger partial charge >= 0.3 is 0 Å². The number of imidazole rings is 1. The number of nitrogens with one attached hydrogen (secondary N) is 1. The SMILES string of the molecule is C[N+](C)(C)[C@@H](Cc1[nH]c(SCCC#N)nc1SCCC#N)C(=O)[O-]. The largest absolute Gasteiger partial charge is 0.544 e. The minimum atomic E-state index is -1.11. The second-order valence-electron chi connectivity index (χ2n) is 5.99.